The van der Waals surface area contributed by atoms with Crippen LogP contribution in [0.2, 0.25) is 0 Å². The zero-order chi connectivity index (χ0) is 22.0. The van der Waals surface area contributed by atoms with Crippen molar-refractivity contribution in [3.8, 4) is 17.0 Å². The van der Waals surface area contributed by atoms with Gasteiger partial charge in [0.05, 0.1) is 12.3 Å². The van der Waals surface area contributed by atoms with Crippen LogP contribution in [0.25, 0.3) is 11.3 Å². The third kappa shape index (κ3) is 4.61. The van der Waals surface area contributed by atoms with Gasteiger partial charge in [0.25, 0.3) is 5.91 Å². The van der Waals surface area contributed by atoms with Gasteiger partial charge in [-0.3, -0.25) is 9.59 Å². The maximum Gasteiger partial charge on any atom is 0.252 e. The van der Waals surface area contributed by atoms with E-state index in [4.69, 9.17) is 4.74 Å². The molecule has 3 aromatic rings. The highest BCUT2D eigenvalue weighted by Gasteiger charge is 2.26. The second kappa shape index (κ2) is 8.89. The lowest BCUT2D eigenvalue weighted by molar-refractivity contribution is -0.118. The number of amides is 2. The number of hydrogen-bond donors (Lipinski definition) is 2. The van der Waals surface area contributed by atoms with Crippen LogP contribution in [0.1, 0.15) is 35.3 Å². The molecule has 2 N–H and O–H groups in total. The highest BCUT2D eigenvalue weighted by Crippen LogP contribution is 2.32. The van der Waals surface area contributed by atoms with Crippen LogP contribution in [-0.2, 0) is 11.2 Å². The molecule has 0 aliphatic carbocycles. The predicted molar refractivity (Wildman–Crippen MR) is 123 cm³/mol. The summed E-state index contributed by atoms with van der Waals surface area (Å²) in [7, 11) is 0. The molecule has 160 valence electrons. The van der Waals surface area contributed by atoms with E-state index in [0.717, 1.165) is 29.0 Å². The van der Waals surface area contributed by atoms with Crippen molar-refractivity contribution in [1.82, 2.24) is 10.3 Å². The van der Waals surface area contributed by atoms with Crippen molar-refractivity contribution in [2.24, 2.45) is 5.92 Å². The fourth-order valence-corrected chi connectivity index (χ4v) is 4.30. The van der Waals surface area contributed by atoms with Crippen molar-refractivity contribution in [3.63, 3.8) is 0 Å². The van der Waals surface area contributed by atoms with E-state index in [9.17, 15) is 9.59 Å². The Morgan fingerprint density at radius 2 is 1.97 bits per heavy atom. The van der Waals surface area contributed by atoms with Gasteiger partial charge in [-0.05, 0) is 48.2 Å². The van der Waals surface area contributed by atoms with Crippen molar-refractivity contribution in [3.05, 3.63) is 64.5 Å². The van der Waals surface area contributed by atoms with Crippen molar-refractivity contribution in [1.29, 1.82) is 0 Å². The lowest BCUT2D eigenvalue weighted by Crippen LogP contribution is -2.47. The lowest BCUT2D eigenvalue weighted by atomic mass is 10.0. The first-order valence-corrected chi connectivity index (χ1v) is 11.2. The monoisotopic (exact) mass is 435 g/mol. The predicted octanol–water partition coefficient (Wildman–Crippen LogP) is 4.45. The minimum Gasteiger partial charge on any atom is -0.493 e. The first-order chi connectivity index (χ1) is 14.9. The summed E-state index contributed by atoms with van der Waals surface area (Å²) in [5.74, 6) is 0.313. The van der Waals surface area contributed by atoms with Crippen molar-refractivity contribution in [2.45, 2.75) is 33.2 Å². The van der Waals surface area contributed by atoms with Gasteiger partial charge in [-0.1, -0.05) is 32.0 Å². The molecule has 0 saturated carbocycles. The van der Waals surface area contributed by atoms with Gasteiger partial charge in [0.2, 0.25) is 5.91 Å². The summed E-state index contributed by atoms with van der Waals surface area (Å²) >= 11 is 1.37. The molecule has 0 unspecified atom stereocenters. The second-order valence-electron chi connectivity index (χ2n) is 7.96. The molecule has 0 spiro atoms. The van der Waals surface area contributed by atoms with Crippen LogP contribution in [0.4, 0.5) is 5.13 Å². The summed E-state index contributed by atoms with van der Waals surface area (Å²) < 4.78 is 5.56. The second-order valence-corrected chi connectivity index (χ2v) is 8.82. The van der Waals surface area contributed by atoms with E-state index in [1.807, 2.05) is 56.5 Å². The number of thiazole rings is 1. The van der Waals surface area contributed by atoms with Crippen molar-refractivity contribution < 1.29 is 14.3 Å². The Kier molecular flexibility index (Phi) is 6.04. The van der Waals surface area contributed by atoms with Crippen molar-refractivity contribution >= 4 is 28.3 Å². The van der Waals surface area contributed by atoms with Gasteiger partial charge in [0.1, 0.15) is 11.8 Å². The van der Waals surface area contributed by atoms with Gasteiger partial charge < -0.3 is 15.4 Å². The van der Waals surface area contributed by atoms with E-state index in [1.165, 1.54) is 16.9 Å². The van der Waals surface area contributed by atoms with E-state index in [0.29, 0.717) is 17.3 Å². The lowest BCUT2D eigenvalue weighted by Gasteiger charge is -2.21. The Morgan fingerprint density at radius 3 is 2.74 bits per heavy atom. The fourth-order valence-electron chi connectivity index (χ4n) is 3.57. The van der Waals surface area contributed by atoms with Gasteiger partial charge in [0, 0.05) is 22.9 Å². The minimum atomic E-state index is -0.670. The molecule has 1 atom stereocenters. The summed E-state index contributed by atoms with van der Waals surface area (Å²) in [5, 5.41) is 8.17. The molecule has 1 aromatic heterocycles. The standard InChI is InChI=1S/C24H25N3O3S/c1-14(2)21(26-22(28)18-7-5-4-6-15(18)3)23(29)27-24-25-19(13-31-24)16-8-9-20-17(12-16)10-11-30-20/h4-9,12-14,21H,10-11H2,1-3H3,(H,26,28)(H,25,27,29)/t21-/m0/s1. The molecule has 2 aromatic carbocycles. The number of ether oxygens (including phenoxy) is 1. The number of fused-ring (bicyclic) bond motifs is 1. The summed E-state index contributed by atoms with van der Waals surface area (Å²) in [4.78, 5) is 30.2. The molecule has 1 aliphatic heterocycles. The molecule has 0 radical (unpaired) electrons. The minimum absolute atomic E-state index is 0.0795. The third-order valence-corrected chi connectivity index (χ3v) is 6.10. The zero-order valence-electron chi connectivity index (χ0n) is 17.8. The largest absolute Gasteiger partial charge is 0.493 e. The molecule has 2 heterocycles. The van der Waals surface area contributed by atoms with E-state index in [-0.39, 0.29) is 17.7 Å². The van der Waals surface area contributed by atoms with Crippen LogP contribution in [-0.4, -0.2) is 29.4 Å². The fraction of sp³-hybridized carbons (Fsp3) is 0.292. The summed E-state index contributed by atoms with van der Waals surface area (Å²) in [6.45, 7) is 6.40. The summed E-state index contributed by atoms with van der Waals surface area (Å²) in [5.41, 5.74) is 4.41. The van der Waals surface area contributed by atoms with E-state index in [1.54, 1.807) is 6.07 Å². The molecule has 4 rings (SSSR count). The number of aryl methyl sites for hydroxylation is 1. The van der Waals surface area contributed by atoms with Crippen LogP contribution in [0, 0.1) is 12.8 Å². The van der Waals surface area contributed by atoms with Gasteiger partial charge in [-0.25, -0.2) is 4.98 Å². The first-order valence-electron chi connectivity index (χ1n) is 10.3. The Hall–Kier alpha value is -3.19. The SMILES string of the molecule is Cc1ccccc1C(=O)N[C@H](C(=O)Nc1nc(-c2ccc3c(c2)CCO3)cs1)C(C)C. The Morgan fingerprint density at radius 1 is 1.16 bits per heavy atom. The van der Waals surface area contributed by atoms with Crippen LogP contribution in [0.3, 0.4) is 0 Å². The molecular weight excluding hydrogens is 410 g/mol. The number of aromatic nitrogens is 1. The van der Waals surface area contributed by atoms with Gasteiger partial charge in [-0.2, -0.15) is 0 Å². The van der Waals surface area contributed by atoms with Gasteiger partial charge in [-0.15, -0.1) is 11.3 Å². The quantitative estimate of drug-likeness (QED) is 0.600. The average Bonchev–Trinajstić information content (AvgIpc) is 3.40. The number of nitrogens with zero attached hydrogens (tertiary/aromatic N) is 1. The highest BCUT2D eigenvalue weighted by molar-refractivity contribution is 7.14. The molecule has 0 bridgehead atoms. The maximum absolute atomic E-state index is 12.9. The Balaban J connectivity index is 1.46. The first kappa shape index (κ1) is 21.1. The molecule has 7 heteroatoms. The molecule has 1 aliphatic rings. The molecular formula is C24H25N3O3S. The molecule has 2 amide bonds. The van der Waals surface area contributed by atoms with Crippen LogP contribution in [0.15, 0.2) is 47.8 Å². The smallest absolute Gasteiger partial charge is 0.252 e. The van der Waals surface area contributed by atoms with Gasteiger partial charge in [0.15, 0.2) is 5.13 Å². The molecule has 31 heavy (non-hydrogen) atoms. The number of rotatable bonds is 6. The summed E-state index contributed by atoms with van der Waals surface area (Å²) in [6, 6.07) is 12.7. The van der Waals surface area contributed by atoms with Crippen LogP contribution in [0.5, 0.6) is 5.75 Å². The summed E-state index contributed by atoms with van der Waals surface area (Å²) in [6.07, 6.45) is 0.896. The number of carbonyl (C=O) groups excluding carboxylic acids is 2. The number of nitrogens with one attached hydrogen (secondary N) is 2. The van der Waals surface area contributed by atoms with Crippen LogP contribution < -0.4 is 15.4 Å². The normalized spacial score (nSPS) is 13.4. The average molecular weight is 436 g/mol. The Bertz CT molecular complexity index is 1120. The zero-order valence-corrected chi connectivity index (χ0v) is 18.6. The Labute approximate surface area is 185 Å². The molecule has 0 saturated heterocycles. The van der Waals surface area contributed by atoms with E-state index >= 15 is 0 Å². The number of hydrogen-bond acceptors (Lipinski definition) is 5. The number of benzene rings is 2. The van der Waals surface area contributed by atoms with E-state index in [2.05, 4.69) is 21.7 Å². The van der Waals surface area contributed by atoms with E-state index < -0.39 is 6.04 Å². The molecule has 6 nitrogen and oxygen atoms in total. The highest BCUT2D eigenvalue weighted by atomic mass is 32.1. The number of anilines is 1. The van der Waals surface area contributed by atoms with Crippen molar-refractivity contribution in [2.75, 3.05) is 11.9 Å². The van der Waals surface area contributed by atoms with Crippen LogP contribution >= 0.6 is 11.3 Å². The van der Waals surface area contributed by atoms with Gasteiger partial charge >= 0.3 is 0 Å². The number of carbonyl (C=O) groups is 2. The third-order valence-electron chi connectivity index (χ3n) is 5.34. The maximum atomic E-state index is 12.9. The topological polar surface area (TPSA) is 80.3 Å². The molecule has 0 fully saturated rings.